The molecule has 34 heavy (non-hydrogen) atoms. The van der Waals surface area contributed by atoms with Crippen molar-refractivity contribution in [2.24, 2.45) is 11.8 Å². The Bertz CT molecular complexity index is 918. The first kappa shape index (κ1) is 27.8. The number of rotatable bonds is 10. The van der Waals surface area contributed by atoms with E-state index in [1.165, 1.54) is 24.3 Å². The number of amides is 2. The molecule has 2 amide bonds. The molecule has 0 unspecified atom stereocenters. The molecule has 188 valence electrons. The predicted octanol–water partition coefficient (Wildman–Crippen LogP) is 3.81. The molecule has 10 nitrogen and oxygen atoms in total. The normalized spacial score (nSPS) is 18.9. The lowest BCUT2D eigenvalue weighted by molar-refractivity contribution is -0.384. The third kappa shape index (κ3) is 7.54. The molecule has 0 saturated carbocycles. The Morgan fingerprint density at radius 2 is 1.88 bits per heavy atom. The van der Waals surface area contributed by atoms with Crippen molar-refractivity contribution in [1.29, 1.82) is 0 Å². The van der Waals surface area contributed by atoms with Gasteiger partial charge in [0.1, 0.15) is 6.61 Å². The van der Waals surface area contributed by atoms with E-state index in [4.69, 9.17) is 9.16 Å². The molecule has 12 heteroatoms. The van der Waals surface area contributed by atoms with E-state index in [1.807, 2.05) is 0 Å². The van der Waals surface area contributed by atoms with E-state index in [9.17, 15) is 24.5 Å². The summed E-state index contributed by atoms with van der Waals surface area (Å²) in [5, 5.41) is 15.5. The van der Waals surface area contributed by atoms with E-state index in [-0.39, 0.29) is 52.8 Å². The lowest BCUT2D eigenvalue weighted by Crippen LogP contribution is -2.59. The monoisotopic (exact) mass is 511 g/mol. The van der Waals surface area contributed by atoms with Crippen molar-refractivity contribution in [2.45, 2.75) is 57.8 Å². The Balaban J connectivity index is 1.74. The lowest BCUT2D eigenvalue weighted by Gasteiger charge is -2.41. The molecular weight excluding hydrogens is 478 g/mol. The molecule has 2 N–H and O–H groups in total. The molecular formula is C22H33N3O7SSi. The predicted molar refractivity (Wildman–Crippen MR) is 132 cm³/mol. The summed E-state index contributed by atoms with van der Waals surface area (Å²) >= 11 is 1.05. The van der Waals surface area contributed by atoms with Crippen LogP contribution in [0.3, 0.4) is 0 Å². The molecule has 3 atom stereocenters. The summed E-state index contributed by atoms with van der Waals surface area (Å²) in [6.07, 6.45) is -0.694. The molecule has 2 rings (SSSR count). The Hall–Kier alpha value is -2.44. The minimum Gasteiger partial charge on any atom is -0.445 e. The van der Waals surface area contributed by atoms with Crippen molar-refractivity contribution in [3.05, 3.63) is 39.9 Å². The quantitative estimate of drug-likeness (QED) is 0.209. The van der Waals surface area contributed by atoms with E-state index in [2.05, 4.69) is 44.5 Å². The van der Waals surface area contributed by atoms with Crippen LogP contribution in [-0.2, 0) is 25.4 Å². The summed E-state index contributed by atoms with van der Waals surface area (Å²) in [5.41, 5.74) is 0.557. The summed E-state index contributed by atoms with van der Waals surface area (Å²) in [4.78, 5) is 46.7. The van der Waals surface area contributed by atoms with Crippen LogP contribution >= 0.6 is 11.8 Å². The molecule has 0 aliphatic carbocycles. The number of nitrogens with one attached hydrogen (secondary N) is 2. The Labute approximate surface area is 204 Å². The fourth-order valence-electron chi connectivity index (χ4n) is 2.65. The van der Waals surface area contributed by atoms with E-state index >= 15 is 0 Å². The van der Waals surface area contributed by atoms with Crippen LogP contribution < -0.4 is 10.6 Å². The maximum atomic E-state index is 12.6. The number of carbonyl (C=O) groups is 3. The summed E-state index contributed by atoms with van der Waals surface area (Å²) in [7, 11) is -2.00. The minimum atomic E-state index is -2.00. The third-order valence-corrected chi connectivity index (χ3v) is 12.0. The first-order chi connectivity index (χ1) is 15.7. The molecule has 1 aromatic rings. The number of nitro groups is 1. The number of nitro benzene ring substituents is 1. The fourth-order valence-corrected chi connectivity index (χ4v) is 4.79. The van der Waals surface area contributed by atoms with Crippen LogP contribution in [-0.4, -0.2) is 48.9 Å². The van der Waals surface area contributed by atoms with E-state index in [0.29, 0.717) is 5.56 Å². The molecule has 0 aromatic heterocycles. The van der Waals surface area contributed by atoms with Crippen LogP contribution in [0.1, 0.15) is 33.3 Å². The van der Waals surface area contributed by atoms with Crippen LogP contribution in [0.2, 0.25) is 18.1 Å². The van der Waals surface area contributed by atoms with Crippen molar-refractivity contribution in [2.75, 3.05) is 13.2 Å². The highest BCUT2D eigenvalue weighted by atomic mass is 32.2. The van der Waals surface area contributed by atoms with Crippen molar-refractivity contribution in [1.82, 2.24) is 10.6 Å². The molecule has 1 heterocycles. The van der Waals surface area contributed by atoms with Gasteiger partial charge in [-0.05, 0) is 35.8 Å². The second-order valence-corrected chi connectivity index (χ2v) is 15.8. The summed E-state index contributed by atoms with van der Waals surface area (Å²) in [5.74, 6) is -0.990. The largest absolute Gasteiger partial charge is 0.445 e. The average molecular weight is 512 g/mol. The number of β-lactam (4-membered cyclic amide) rings is 1. The van der Waals surface area contributed by atoms with E-state index in [0.717, 1.165) is 11.8 Å². The molecule has 1 aliphatic rings. The highest BCUT2D eigenvalue weighted by molar-refractivity contribution is 8.14. The van der Waals surface area contributed by atoms with Crippen molar-refractivity contribution in [3.63, 3.8) is 0 Å². The number of non-ortho nitro benzene ring substituents is 1. The SMILES string of the molecule is C[C@H](CNC(=O)OCc1ccc([N+](=O)[O-])cc1)C(=O)S[C@H]1NC(=O)[C@@H]1CO[Si](C)(C)C(C)(C)C. The number of hydrogen-bond acceptors (Lipinski definition) is 8. The summed E-state index contributed by atoms with van der Waals surface area (Å²) in [6.45, 7) is 12.6. The van der Waals surface area contributed by atoms with Crippen molar-refractivity contribution < 1.29 is 28.5 Å². The van der Waals surface area contributed by atoms with Gasteiger partial charge in [-0.15, -0.1) is 0 Å². The number of nitrogens with zero attached hydrogens (tertiary/aromatic N) is 1. The van der Waals surface area contributed by atoms with Gasteiger partial charge in [-0.1, -0.05) is 39.5 Å². The minimum absolute atomic E-state index is 0.0267. The average Bonchev–Trinajstić information content (AvgIpc) is 2.74. The lowest BCUT2D eigenvalue weighted by atomic mass is 10.0. The van der Waals surface area contributed by atoms with Gasteiger partial charge in [0.05, 0.1) is 16.2 Å². The highest BCUT2D eigenvalue weighted by Gasteiger charge is 2.45. The van der Waals surface area contributed by atoms with Gasteiger partial charge in [-0.3, -0.25) is 19.7 Å². The van der Waals surface area contributed by atoms with Gasteiger partial charge in [-0.2, -0.15) is 0 Å². The van der Waals surface area contributed by atoms with Gasteiger partial charge in [0.15, 0.2) is 13.4 Å². The van der Waals surface area contributed by atoms with Crippen LogP contribution in [0.4, 0.5) is 10.5 Å². The molecule has 0 radical (unpaired) electrons. The molecule has 0 bridgehead atoms. The Kier molecular flexibility index (Phi) is 9.26. The highest BCUT2D eigenvalue weighted by Crippen LogP contribution is 2.38. The van der Waals surface area contributed by atoms with Gasteiger partial charge in [0.25, 0.3) is 5.69 Å². The topological polar surface area (TPSA) is 137 Å². The molecule has 1 saturated heterocycles. The Morgan fingerprint density at radius 1 is 1.26 bits per heavy atom. The van der Waals surface area contributed by atoms with Gasteiger partial charge < -0.3 is 19.8 Å². The number of ether oxygens (including phenoxy) is 1. The van der Waals surface area contributed by atoms with E-state index in [1.54, 1.807) is 6.92 Å². The summed E-state index contributed by atoms with van der Waals surface area (Å²) < 4.78 is 11.2. The molecule has 1 aromatic carbocycles. The van der Waals surface area contributed by atoms with Crippen molar-refractivity contribution in [3.8, 4) is 0 Å². The number of benzene rings is 1. The molecule has 0 spiro atoms. The van der Waals surface area contributed by atoms with Gasteiger partial charge in [0.2, 0.25) is 5.91 Å². The number of carbonyl (C=O) groups excluding carboxylic acids is 3. The van der Waals surface area contributed by atoms with Gasteiger partial charge >= 0.3 is 6.09 Å². The van der Waals surface area contributed by atoms with Crippen LogP contribution in [0.25, 0.3) is 0 Å². The maximum Gasteiger partial charge on any atom is 0.407 e. The molecule has 1 fully saturated rings. The Morgan fingerprint density at radius 3 is 2.41 bits per heavy atom. The van der Waals surface area contributed by atoms with Crippen LogP contribution in [0.5, 0.6) is 0 Å². The van der Waals surface area contributed by atoms with Crippen molar-refractivity contribution >= 4 is 42.9 Å². The van der Waals surface area contributed by atoms with Gasteiger partial charge in [-0.25, -0.2) is 4.79 Å². The number of hydrogen-bond donors (Lipinski definition) is 2. The first-order valence-corrected chi connectivity index (χ1v) is 14.8. The second kappa shape index (κ2) is 11.3. The standard InChI is InChI=1S/C22H33N3O7SSi/c1-14(11-23-21(28)31-12-15-7-9-16(10-8-15)25(29)30)20(27)33-19-17(18(26)24-19)13-32-34(5,6)22(2,3)4/h7-10,14,17,19H,11-13H2,1-6H3,(H,23,28)(H,24,26)/t14-,17+,19-/m1/s1. The number of thioether (sulfide) groups is 1. The fraction of sp³-hybridized carbons (Fsp3) is 0.591. The smallest absolute Gasteiger partial charge is 0.407 e. The zero-order chi connectivity index (χ0) is 25.7. The first-order valence-electron chi connectivity index (χ1n) is 11.0. The second-order valence-electron chi connectivity index (χ2n) is 9.83. The zero-order valence-electron chi connectivity index (χ0n) is 20.4. The van der Waals surface area contributed by atoms with Gasteiger partial charge in [0, 0.05) is 31.2 Å². The van der Waals surface area contributed by atoms with E-state index < -0.39 is 25.3 Å². The van der Waals surface area contributed by atoms with Crippen LogP contribution in [0, 0.1) is 22.0 Å². The summed E-state index contributed by atoms with van der Waals surface area (Å²) in [6, 6.07) is 5.68. The molecule has 1 aliphatic heterocycles. The zero-order valence-corrected chi connectivity index (χ0v) is 22.2. The third-order valence-electron chi connectivity index (χ3n) is 6.13. The maximum absolute atomic E-state index is 12.6. The van der Waals surface area contributed by atoms with Crippen LogP contribution in [0.15, 0.2) is 24.3 Å². The number of alkyl carbamates (subject to hydrolysis) is 1.